The van der Waals surface area contributed by atoms with E-state index in [0.29, 0.717) is 11.3 Å². The molecule has 3 nitrogen and oxygen atoms in total. The first-order chi connectivity index (χ1) is 9.20. The Morgan fingerprint density at radius 1 is 1.21 bits per heavy atom. The number of hydrogen-bond donors (Lipinski definition) is 2. The summed E-state index contributed by atoms with van der Waals surface area (Å²) < 4.78 is 5.27. The molecule has 0 saturated heterocycles. The smallest absolute Gasteiger partial charge is 0.130 e. The Hall–Kier alpha value is -1.94. The second kappa shape index (κ2) is 6.29. The number of nitrogens with two attached hydrogens (primary N) is 1. The Morgan fingerprint density at radius 3 is 2.58 bits per heavy atom. The van der Waals surface area contributed by atoms with E-state index in [4.69, 9.17) is 15.9 Å². The second-order valence-electron chi connectivity index (χ2n) is 4.05. The summed E-state index contributed by atoms with van der Waals surface area (Å²) in [6.45, 7) is 0. The molecule has 2 rings (SSSR count). The fourth-order valence-electron chi connectivity index (χ4n) is 1.73. The second-order valence-corrected chi connectivity index (χ2v) is 5.10. The van der Waals surface area contributed by atoms with Crippen LogP contribution < -0.4 is 10.5 Å². The lowest BCUT2D eigenvalue weighted by Gasteiger charge is -2.09. The zero-order valence-electron chi connectivity index (χ0n) is 10.7. The number of hydrogen-bond acceptors (Lipinski definition) is 3. The van der Waals surface area contributed by atoms with Crippen LogP contribution >= 0.6 is 11.8 Å². The molecule has 0 aliphatic rings. The SMILES string of the molecule is COc1cc(CSc2ccccc2)ccc1C(=N)N. The maximum Gasteiger partial charge on any atom is 0.130 e. The van der Waals surface area contributed by atoms with Gasteiger partial charge in [-0.15, -0.1) is 11.8 Å². The van der Waals surface area contributed by atoms with E-state index < -0.39 is 0 Å². The standard InChI is InChI=1S/C15H16N2OS/c1-18-14-9-11(7-8-13(14)15(16)17)10-19-12-5-3-2-4-6-12/h2-9H,10H2,1H3,(H3,16,17). The zero-order chi connectivity index (χ0) is 13.7. The van der Waals surface area contributed by atoms with Crippen molar-refractivity contribution in [3.05, 3.63) is 59.7 Å². The number of nitrogens with one attached hydrogen (secondary N) is 1. The number of nitrogen functional groups attached to an aromatic ring is 1. The van der Waals surface area contributed by atoms with Gasteiger partial charge in [0.2, 0.25) is 0 Å². The monoisotopic (exact) mass is 272 g/mol. The van der Waals surface area contributed by atoms with Crippen molar-refractivity contribution in [2.24, 2.45) is 5.73 Å². The first-order valence-electron chi connectivity index (χ1n) is 5.90. The molecule has 0 spiro atoms. The molecule has 0 amide bonds. The van der Waals surface area contributed by atoms with Crippen molar-refractivity contribution < 1.29 is 4.74 Å². The molecule has 0 unspecified atom stereocenters. The van der Waals surface area contributed by atoms with Crippen LogP contribution in [0.25, 0.3) is 0 Å². The van der Waals surface area contributed by atoms with Gasteiger partial charge >= 0.3 is 0 Å². The summed E-state index contributed by atoms with van der Waals surface area (Å²) in [4.78, 5) is 1.23. The number of methoxy groups -OCH3 is 1. The van der Waals surface area contributed by atoms with Crippen molar-refractivity contribution >= 4 is 17.6 Å². The Morgan fingerprint density at radius 2 is 1.95 bits per heavy atom. The van der Waals surface area contributed by atoms with E-state index in [0.717, 1.165) is 11.3 Å². The number of thioether (sulfide) groups is 1. The van der Waals surface area contributed by atoms with E-state index in [2.05, 4.69) is 12.1 Å². The summed E-state index contributed by atoms with van der Waals surface area (Å²) in [6.07, 6.45) is 0. The lowest BCUT2D eigenvalue weighted by molar-refractivity contribution is 0.413. The Labute approximate surface area is 117 Å². The fraction of sp³-hybridized carbons (Fsp3) is 0.133. The van der Waals surface area contributed by atoms with Crippen LogP contribution in [0, 0.1) is 5.41 Å². The summed E-state index contributed by atoms with van der Waals surface area (Å²) >= 11 is 1.77. The van der Waals surface area contributed by atoms with Gasteiger partial charge in [-0.2, -0.15) is 0 Å². The van der Waals surface area contributed by atoms with Crippen molar-refractivity contribution in [1.82, 2.24) is 0 Å². The third-order valence-corrected chi connectivity index (χ3v) is 3.79. The molecule has 0 fully saturated rings. The zero-order valence-corrected chi connectivity index (χ0v) is 11.5. The molecular weight excluding hydrogens is 256 g/mol. The molecule has 0 radical (unpaired) electrons. The summed E-state index contributed by atoms with van der Waals surface area (Å²) in [6, 6.07) is 16.0. The normalized spacial score (nSPS) is 10.2. The summed E-state index contributed by atoms with van der Waals surface area (Å²) in [5, 5.41) is 7.48. The minimum absolute atomic E-state index is 0.0270. The lowest BCUT2D eigenvalue weighted by atomic mass is 10.1. The van der Waals surface area contributed by atoms with Gasteiger partial charge in [0.15, 0.2) is 0 Å². The number of benzene rings is 2. The quantitative estimate of drug-likeness (QED) is 0.499. The van der Waals surface area contributed by atoms with E-state index >= 15 is 0 Å². The third kappa shape index (κ3) is 3.51. The highest BCUT2D eigenvalue weighted by atomic mass is 32.2. The first-order valence-corrected chi connectivity index (χ1v) is 6.88. The molecule has 2 aromatic carbocycles. The van der Waals surface area contributed by atoms with Crippen molar-refractivity contribution in [1.29, 1.82) is 5.41 Å². The van der Waals surface area contributed by atoms with Gasteiger partial charge in [-0.25, -0.2) is 0 Å². The van der Waals surface area contributed by atoms with Gasteiger partial charge in [0.25, 0.3) is 0 Å². The van der Waals surface area contributed by atoms with Crippen LogP contribution in [-0.4, -0.2) is 12.9 Å². The van der Waals surface area contributed by atoms with Crippen LogP contribution in [0.15, 0.2) is 53.4 Å². The molecule has 0 saturated carbocycles. The summed E-state index contributed by atoms with van der Waals surface area (Å²) in [7, 11) is 1.59. The Balaban J connectivity index is 2.11. The molecule has 0 aliphatic heterocycles. The lowest BCUT2D eigenvalue weighted by Crippen LogP contribution is -2.12. The minimum Gasteiger partial charge on any atom is -0.496 e. The molecule has 2 aromatic rings. The van der Waals surface area contributed by atoms with E-state index in [1.54, 1.807) is 18.9 Å². The number of amidine groups is 1. The van der Waals surface area contributed by atoms with Crippen LogP contribution in [0.5, 0.6) is 5.75 Å². The van der Waals surface area contributed by atoms with Crippen LogP contribution in [0.1, 0.15) is 11.1 Å². The first kappa shape index (κ1) is 13.5. The van der Waals surface area contributed by atoms with Gasteiger partial charge in [0.1, 0.15) is 11.6 Å². The molecule has 0 heterocycles. The highest BCUT2D eigenvalue weighted by Gasteiger charge is 2.07. The molecule has 0 aliphatic carbocycles. The van der Waals surface area contributed by atoms with Crippen LogP contribution in [-0.2, 0) is 5.75 Å². The largest absolute Gasteiger partial charge is 0.496 e. The highest BCUT2D eigenvalue weighted by molar-refractivity contribution is 7.98. The van der Waals surface area contributed by atoms with Gasteiger partial charge in [-0.05, 0) is 29.8 Å². The van der Waals surface area contributed by atoms with Crippen LogP contribution in [0.3, 0.4) is 0 Å². The molecule has 4 heteroatoms. The van der Waals surface area contributed by atoms with E-state index in [-0.39, 0.29) is 5.84 Å². The van der Waals surface area contributed by atoms with Crippen molar-refractivity contribution in [3.8, 4) is 5.75 Å². The highest BCUT2D eigenvalue weighted by Crippen LogP contribution is 2.26. The molecule has 0 atom stereocenters. The van der Waals surface area contributed by atoms with Gasteiger partial charge in [-0.1, -0.05) is 24.3 Å². The predicted octanol–water partition coefficient (Wildman–Crippen LogP) is 3.27. The molecule has 0 bridgehead atoms. The molecule has 0 aromatic heterocycles. The van der Waals surface area contributed by atoms with Crippen molar-refractivity contribution in [3.63, 3.8) is 0 Å². The molecular formula is C15H16N2OS. The third-order valence-electron chi connectivity index (χ3n) is 2.70. The summed E-state index contributed by atoms with van der Waals surface area (Å²) in [5.41, 5.74) is 7.29. The van der Waals surface area contributed by atoms with Gasteiger partial charge in [0, 0.05) is 10.6 Å². The molecule has 3 N–H and O–H groups in total. The predicted molar refractivity (Wildman–Crippen MR) is 80.0 cm³/mol. The summed E-state index contributed by atoms with van der Waals surface area (Å²) in [5.74, 6) is 1.54. The fourth-order valence-corrected chi connectivity index (χ4v) is 2.59. The minimum atomic E-state index is 0.0270. The van der Waals surface area contributed by atoms with Gasteiger partial charge < -0.3 is 10.5 Å². The maximum atomic E-state index is 7.48. The average Bonchev–Trinajstić information content (AvgIpc) is 2.45. The van der Waals surface area contributed by atoms with E-state index in [1.807, 2.05) is 36.4 Å². The Kier molecular flexibility index (Phi) is 4.47. The van der Waals surface area contributed by atoms with Crippen LogP contribution in [0.4, 0.5) is 0 Å². The Bertz CT molecular complexity index is 570. The van der Waals surface area contributed by atoms with Crippen LogP contribution in [0.2, 0.25) is 0 Å². The number of ether oxygens (including phenoxy) is 1. The van der Waals surface area contributed by atoms with Crippen molar-refractivity contribution in [2.75, 3.05) is 7.11 Å². The van der Waals surface area contributed by atoms with Crippen molar-refractivity contribution in [2.45, 2.75) is 10.6 Å². The van der Waals surface area contributed by atoms with E-state index in [9.17, 15) is 0 Å². The maximum absolute atomic E-state index is 7.48. The molecule has 19 heavy (non-hydrogen) atoms. The number of rotatable bonds is 5. The van der Waals surface area contributed by atoms with Gasteiger partial charge in [-0.3, -0.25) is 5.41 Å². The van der Waals surface area contributed by atoms with E-state index in [1.165, 1.54) is 4.90 Å². The topological polar surface area (TPSA) is 59.1 Å². The molecule has 98 valence electrons. The average molecular weight is 272 g/mol. The van der Waals surface area contributed by atoms with Gasteiger partial charge in [0.05, 0.1) is 12.7 Å².